The van der Waals surface area contributed by atoms with Gasteiger partial charge in [0.25, 0.3) is 0 Å². The van der Waals surface area contributed by atoms with Crippen LogP contribution in [0.5, 0.6) is 0 Å². The Labute approximate surface area is 110 Å². The lowest BCUT2D eigenvalue weighted by molar-refractivity contribution is 0.0136. The molecule has 2 aliphatic rings. The maximum Gasteiger partial charge on any atom is 0.139 e. The molecule has 1 N–H and O–H groups in total. The molecule has 2 heterocycles. The lowest BCUT2D eigenvalue weighted by atomic mass is 10.1. The van der Waals surface area contributed by atoms with E-state index in [1.165, 1.54) is 12.8 Å². The molecule has 0 radical (unpaired) electrons. The lowest BCUT2D eigenvalue weighted by Crippen LogP contribution is -2.51. The summed E-state index contributed by atoms with van der Waals surface area (Å²) in [6, 6.07) is 0.899. The van der Waals surface area contributed by atoms with Gasteiger partial charge in [0.2, 0.25) is 0 Å². The van der Waals surface area contributed by atoms with Crippen LogP contribution in [0.15, 0.2) is 10.1 Å². The second-order valence-corrected chi connectivity index (χ2v) is 5.32. The molecule has 1 saturated heterocycles. The molecule has 0 aliphatic carbocycles. The summed E-state index contributed by atoms with van der Waals surface area (Å²) in [5, 5.41) is 12.2. The molecule has 0 unspecified atom stereocenters. The number of rotatable bonds is 3. The third-order valence-corrected chi connectivity index (χ3v) is 3.46. The number of aliphatic imine (C=N–C) groups is 1. The first-order valence-corrected chi connectivity index (χ1v) is 7.01. The van der Waals surface area contributed by atoms with E-state index in [0.29, 0.717) is 12.1 Å². The highest BCUT2D eigenvalue weighted by molar-refractivity contribution is 5.86. The summed E-state index contributed by atoms with van der Waals surface area (Å²) >= 11 is 0. The third-order valence-electron chi connectivity index (χ3n) is 3.46. The van der Waals surface area contributed by atoms with Gasteiger partial charge in [0.1, 0.15) is 5.84 Å². The van der Waals surface area contributed by atoms with Gasteiger partial charge in [-0.25, -0.2) is 0 Å². The molecule has 0 saturated carbocycles. The molecule has 0 aromatic rings. The second kappa shape index (κ2) is 6.29. The van der Waals surface area contributed by atoms with Crippen molar-refractivity contribution in [3.8, 4) is 0 Å². The van der Waals surface area contributed by atoms with Gasteiger partial charge in [-0.05, 0) is 46.2 Å². The predicted octanol–water partition coefficient (Wildman–Crippen LogP) is 1.47. The Morgan fingerprint density at radius 1 is 1.44 bits per heavy atom. The van der Waals surface area contributed by atoms with Gasteiger partial charge in [0, 0.05) is 31.8 Å². The van der Waals surface area contributed by atoms with Crippen LogP contribution in [0, 0.1) is 0 Å². The molecule has 0 spiro atoms. The average Bonchev–Trinajstić information content (AvgIpc) is 2.39. The number of nitrogens with one attached hydrogen (secondary N) is 1. The minimum absolute atomic E-state index is 0.331. The summed E-state index contributed by atoms with van der Waals surface area (Å²) in [4.78, 5) is 4.71. The zero-order valence-electron chi connectivity index (χ0n) is 11.8. The van der Waals surface area contributed by atoms with Crippen LogP contribution in [0.4, 0.5) is 0 Å². The van der Waals surface area contributed by atoms with E-state index in [0.717, 1.165) is 31.8 Å². The van der Waals surface area contributed by atoms with Crippen LogP contribution >= 0.6 is 0 Å². The van der Waals surface area contributed by atoms with Crippen molar-refractivity contribution in [2.45, 2.75) is 51.6 Å². The molecular weight excluding hydrogens is 226 g/mol. The Morgan fingerprint density at radius 3 is 2.83 bits per heavy atom. The van der Waals surface area contributed by atoms with Crippen molar-refractivity contribution >= 4 is 12.1 Å². The highest BCUT2D eigenvalue weighted by Crippen LogP contribution is 2.17. The summed E-state index contributed by atoms with van der Waals surface area (Å²) in [5.74, 6) is 1.11. The summed E-state index contributed by atoms with van der Waals surface area (Å²) in [5.41, 5.74) is 0. The predicted molar refractivity (Wildman–Crippen MR) is 75.8 cm³/mol. The van der Waals surface area contributed by atoms with E-state index in [9.17, 15) is 0 Å². The summed E-state index contributed by atoms with van der Waals surface area (Å²) < 4.78 is 0. The zero-order chi connectivity index (χ0) is 13.0. The minimum Gasteiger partial charge on any atom is -0.317 e. The zero-order valence-corrected chi connectivity index (χ0v) is 11.8. The smallest absolute Gasteiger partial charge is 0.139 e. The van der Waals surface area contributed by atoms with E-state index < -0.39 is 0 Å². The molecule has 2 aliphatic heterocycles. The quantitative estimate of drug-likeness (QED) is 0.826. The average molecular weight is 251 g/mol. The fourth-order valence-corrected chi connectivity index (χ4v) is 2.51. The van der Waals surface area contributed by atoms with E-state index in [-0.39, 0.29) is 0 Å². The standard InChI is InChI=1S/C13H25N5/c1-11(2)16-13-5-4-8-15-18(13)17(3)12-6-9-14-10-7-12/h8,11-12,14H,4-7,9-10H2,1-3H3. The van der Waals surface area contributed by atoms with E-state index in [2.05, 4.69) is 36.3 Å². The SMILES string of the molecule is CC(C)N=C1CCC=NN1N(C)C1CCNCC1. The fraction of sp³-hybridized carbons (Fsp3) is 0.846. The number of nitrogens with zero attached hydrogens (tertiary/aromatic N) is 4. The van der Waals surface area contributed by atoms with Gasteiger partial charge in [-0.2, -0.15) is 15.2 Å². The molecule has 0 aromatic heterocycles. The third kappa shape index (κ3) is 3.29. The van der Waals surface area contributed by atoms with Crippen molar-refractivity contribution in [1.29, 1.82) is 0 Å². The van der Waals surface area contributed by atoms with Crippen LogP contribution in [0.2, 0.25) is 0 Å². The molecule has 102 valence electrons. The number of hydrazine groups is 1. The van der Waals surface area contributed by atoms with Crippen molar-refractivity contribution < 1.29 is 0 Å². The van der Waals surface area contributed by atoms with Crippen molar-refractivity contribution in [3.05, 3.63) is 0 Å². The molecule has 1 fully saturated rings. The van der Waals surface area contributed by atoms with Crippen molar-refractivity contribution in [1.82, 2.24) is 15.4 Å². The Morgan fingerprint density at radius 2 is 2.17 bits per heavy atom. The number of amidine groups is 1. The Balaban J connectivity index is 2.07. The van der Waals surface area contributed by atoms with Crippen LogP contribution in [0.3, 0.4) is 0 Å². The van der Waals surface area contributed by atoms with E-state index in [1.807, 2.05) is 11.3 Å². The van der Waals surface area contributed by atoms with Crippen molar-refractivity contribution in [2.75, 3.05) is 20.1 Å². The molecule has 0 atom stereocenters. The van der Waals surface area contributed by atoms with Gasteiger partial charge in [0.15, 0.2) is 0 Å². The largest absolute Gasteiger partial charge is 0.317 e. The molecule has 0 aromatic carbocycles. The molecule has 0 amide bonds. The summed E-state index contributed by atoms with van der Waals surface area (Å²) in [7, 11) is 2.13. The lowest BCUT2D eigenvalue weighted by Gasteiger charge is -2.39. The number of hydrazone groups is 1. The van der Waals surface area contributed by atoms with Crippen LogP contribution in [-0.2, 0) is 0 Å². The summed E-state index contributed by atoms with van der Waals surface area (Å²) in [6.07, 6.45) is 6.35. The Bertz CT molecular complexity index is 317. The van der Waals surface area contributed by atoms with Crippen LogP contribution < -0.4 is 5.32 Å². The Hall–Kier alpha value is -0.940. The van der Waals surface area contributed by atoms with E-state index in [1.54, 1.807) is 0 Å². The van der Waals surface area contributed by atoms with Gasteiger partial charge in [-0.1, -0.05) is 0 Å². The normalized spacial score (nSPS) is 24.5. The van der Waals surface area contributed by atoms with Crippen LogP contribution in [0.1, 0.15) is 39.5 Å². The Kier molecular flexibility index (Phi) is 4.72. The van der Waals surface area contributed by atoms with E-state index >= 15 is 0 Å². The maximum atomic E-state index is 4.71. The minimum atomic E-state index is 0.331. The van der Waals surface area contributed by atoms with Gasteiger partial charge in [-0.15, -0.1) is 0 Å². The fourth-order valence-electron chi connectivity index (χ4n) is 2.51. The van der Waals surface area contributed by atoms with Crippen LogP contribution in [-0.4, -0.2) is 54.4 Å². The first-order valence-electron chi connectivity index (χ1n) is 7.01. The first kappa shape index (κ1) is 13.5. The number of hydrogen-bond donors (Lipinski definition) is 1. The first-order chi connectivity index (χ1) is 8.68. The molecule has 18 heavy (non-hydrogen) atoms. The highest BCUT2D eigenvalue weighted by atomic mass is 15.8. The van der Waals surface area contributed by atoms with Gasteiger partial charge in [-0.3, -0.25) is 4.99 Å². The molecule has 2 rings (SSSR count). The monoisotopic (exact) mass is 251 g/mol. The molecule has 5 heteroatoms. The van der Waals surface area contributed by atoms with Gasteiger partial charge in [0.05, 0.1) is 0 Å². The van der Waals surface area contributed by atoms with E-state index in [4.69, 9.17) is 4.99 Å². The summed E-state index contributed by atoms with van der Waals surface area (Å²) in [6.45, 7) is 6.44. The van der Waals surface area contributed by atoms with Gasteiger partial charge < -0.3 is 5.32 Å². The second-order valence-electron chi connectivity index (χ2n) is 5.32. The highest BCUT2D eigenvalue weighted by Gasteiger charge is 2.26. The van der Waals surface area contributed by atoms with Gasteiger partial charge >= 0.3 is 0 Å². The van der Waals surface area contributed by atoms with Crippen LogP contribution in [0.25, 0.3) is 0 Å². The number of piperidine rings is 1. The number of hydrogen-bond acceptors (Lipinski definition) is 4. The molecule has 5 nitrogen and oxygen atoms in total. The van der Waals surface area contributed by atoms with Crippen molar-refractivity contribution in [2.24, 2.45) is 10.1 Å². The topological polar surface area (TPSA) is 43.2 Å². The molecule has 0 bridgehead atoms. The van der Waals surface area contributed by atoms with Crippen molar-refractivity contribution in [3.63, 3.8) is 0 Å². The molecular formula is C13H25N5. The maximum absolute atomic E-state index is 4.71.